The lowest BCUT2D eigenvalue weighted by molar-refractivity contribution is -0.105. The Morgan fingerprint density at radius 1 is 1.89 bits per heavy atom. The first-order valence-corrected chi connectivity index (χ1v) is 3.22. The van der Waals surface area contributed by atoms with Gasteiger partial charge in [-0.1, -0.05) is 6.08 Å². The lowest BCUT2D eigenvalue weighted by Gasteiger charge is -2.15. The van der Waals surface area contributed by atoms with Crippen LogP contribution in [0.3, 0.4) is 0 Å². The minimum absolute atomic E-state index is 0.374. The average molecular weight is 125 g/mol. The van der Waals surface area contributed by atoms with Gasteiger partial charge in [0.2, 0.25) is 0 Å². The van der Waals surface area contributed by atoms with Crippen LogP contribution in [-0.2, 0) is 4.79 Å². The maximum atomic E-state index is 10.2. The minimum Gasteiger partial charge on any atom is -0.310 e. The van der Waals surface area contributed by atoms with E-state index in [1.807, 2.05) is 13.0 Å². The van der Waals surface area contributed by atoms with Crippen LogP contribution in [0.25, 0.3) is 0 Å². The van der Waals surface area contributed by atoms with Gasteiger partial charge in [0, 0.05) is 6.04 Å². The van der Waals surface area contributed by atoms with Crippen molar-refractivity contribution < 1.29 is 4.79 Å². The van der Waals surface area contributed by atoms with E-state index < -0.39 is 0 Å². The van der Waals surface area contributed by atoms with Crippen LogP contribution in [0, 0.1) is 0 Å². The van der Waals surface area contributed by atoms with E-state index in [1.54, 1.807) is 0 Å². The van der Waals surface area contributed by atoms with Crippen LogP contribution >= 0.6 is 0 Å². The molecule has 0 radical (unpaired) electrons. The summed E-state index contributed by atoms with van der Waals surface area (Å²) in [5.41, 5.74) is 0.932. The molecule has 0 aromatic rings. The van der Waals surface area contributed by atoms with Gasteiger partial charge in [-0.3, -0.25) is 4.79 Å². The smallest absolute Gasteiger partial charge is 0.145 e. The second-order valence-corrected chi connectivity index (χ2v) is 2.35. The quantitative estimate of drug-likeness (QED) is 0.517. The van der Waals surface area contributed by atoms with Gasteiger partial charge >= 0.3 is 0 Å². The molecule has 2 heteroatoms. The fourth-order valence-electron chi connectivity index (χ4n) is 1.01. The Kier molecular flexibility index (Phi) is 2.01. The standard InChI is InChI=1S/C7H11NO/c1-6-4-7(5-9)2-3-8-6/h4-6,8H,2-3H2,1H3/t6-/m1/s1. The van der Waals surface area contributed by atoms with E-state index in [2.05, 4.69) is 5.32 Å². The van der Waals surface area contributed by atoms with Gasteiger partial charge in [0.25, 0.3) is 0 Å². The first-order chi connectivity index (χ1) is 4.33. The zero-order chi connectivity index (χ0) is 6.69. The molecule has 1 heterocycles. The number of rotatable bonds is 1. The SMILES string of the molecule is C[C@@H]1C=C(C=O)CCN1. The molecule has 0 bridgehead atoms. The first kappa shape index (κ1) is 6.49. The molecule has 0 unspecified atom stereocenters. The summed E-state index contributed by atoms with van der Waals surface area (Å²) >= 11 is 0. The Morgan fingerprint density at radius 2 is 2.67 bits per heavy atom. The van der Waals surface area contributed by atoms with Gasteiger partial charge in [0.1, 0.15) is 6.29 Å². The molecule has 9 heavy (non-hydrogen) atoms. The van der Waals surface area contributed by atoms with Crippen molar-refractivity contribution in [3.05, 3.63) is 11.6 Å². The zero-order valence-electron chi connectivity index (χ0n) is 5.55. The van der Waals surface area contributed by atoms with E-state index in [-0.39, 0.29) is 0 Å². The van der Waals surface area contributed by atoms with Crippen LogP contribution in [0.5, 0.6) is 0 Å². The van der Waals surface area contributed by atoms with Gasteiger partial charge < -0.3 is 5.32 Å². The predicted molar refractivity (Wildman–Crippen MR) is 36.2 cm³/mol. The molecule has 0 saturated heterocycles. The van der Waals surface area contributed by atoms with Crippen molar-refractivity contribution in [2.45, 2.75) is 19.4 Å². The van der Waals surface area contributed by atoms with Crippen molar-refractivity contribution in [1.29, 1.82) is 0 Å². The summed E-state index contributed by atoms with van der Waals surface area (Å²) < 4.78 is 0. The fraction of sp³-hybridized carbons (Fsp3) is 0.571. The molecule has 1 atom stereocenters. The third kappa shape index (κ3) is 1.64. The molecule has 0 spiro atoms. The van der Waals surface area contributed by atoms with E-state index in [0.717, 1.165) is 24.8 Å². The van der Waals surface area contributed by atoms with Gasteiger partial charge in [-0.05, 0) is 25.5 Å². The van der Waals surface area contributed by atoms with E-state index in [0.29, 0.717) is 6.04 Å². The van der Waals surface area contributed by atoms with Gasteiger partial charge in [-0.15, -0.1) is 0 Å². The summed E-state index contributed by atoms with van der Waals surface area (Å²) in [5.74, 6) is 0. The molecule has 0 aromatic carbocycles. The zero-order valence-corrected chi connectivity index (χ0v) is 5.55. The molecule has 0 saturated carbocycles. The second kappa shape index (κ2) is 2.78. The summed E-state index contributed by atoms with van der Waals surface area (Å²) in [6, 6.07) is 0.374. The maximum absolute atomic E-state index is 10.2. The molecule has 2 nitrogen and oxygen atoms in total. The van der Waals surface area contributed by atoms with Gasteiger partial charge in [-0.25, -0.2) is 0 Å². The van der Waals surface area contributed by atoms with Crippen LogP contribution in [0.2, 0.25) is 0 Å². The van der Waals surface area contributed by atoms with E-state index in [1.165, 1.54) is 0 Å². The van der Waals surface area contributed by atoms with Crippen molar-refractivity contribution in [1.82, 2.24) is 5.32 Å². The molecule has 1 aliphatic heterocycles. The van der Waals surface area contributed by atoms with Gasteiger partial charge in [0.15, 0.2) is 0 Å². The van der Waals surface area contributed by atoms with E-state index in [4.69, 9.17) is 0 Å². The molecule has 0 fully saturated rings. The van der Waals surface area contributed by atoms with Crippen molar-refractivity contribution >= 4 is 6.29 Å². The topological polar surface area (TPSA) is 29.1 Å². The Hall–Kier alpha value is -0.630. The Labute approximate surface area is 54.9 Å². The first-order valence-electron chi connectivity index (χ1n) is 3.22. The highest BCUT2D eigenvalue weighted by molar-refractivity contribution is 5.73. The lowest BCUT2D eigenvalue weighted by atomic mass is 10.1. The largest absolute Gasteiger partial charge is 0.310 e. The number of nitrogens with one attached hydrogen (secondary N) is 1. The summed E-state index contributed by atoms with van der Waals surface area (Å²) in [6.07, 6.45) is 3.79. The predicted octanol–water partition coefficient (Wildman–Crippen LogP) is 0.493. The summed E-state index contributed by atoms with van der Waals surface area (Å²) in [6.45, 7) is 2.98. The van der Waals surface area contributed by atoms with Crippen molar-refractivity contribution in [2.24, 2.45) is 0 Å². The summed E-state index contributed by atoms with van der Waals surface area (Å²) in [5, 5.41) is 3.21. The second-order valence-electron chi connectivity index (χ2n) is 2.35. The van der Waals surface area contributed by atoms with Gasteiger partial charge in [0.05, 0.1) is 0 Å². The third-order valence-corrected chi connectivity index (χ3v) is 1.50. The third-order valence-electron chi connectivity index (χ3n) is 1.50. The highest BCUT2D eigenvalue weighted by atomic mass is 16.1. The van der Waals surface area contributed by atoms with E-state index in [9.17, 15) is 4.79 Å². The number of carbonyl (C=O) groups is 1. The normalized spacial score (nSPS) is 27.2. The molecule has 0 aliphatic carbocycles. The monoisotopic (exact) mass is 125 g/mol. The minimum atomic E-state index is 0.374. The number of carbonyl (C=O) groups excluding carboxylic acids is 1. The van der Waals surface area contributed by atoms with Crippen molar-refractivity contribution in [2.75, 3.05) is 6.54 Å². The molecule has 50 valence electrons. The molecular weight excluding hydrogens is 114 g/mol. The Bertz CT molecular complexity index is 140. The van der Waals surface area contributed by atoms with Crippen LogP contribution in [0.1, 0.15) is 13.3 Å². The molecule has 0 aromatic heterocycles. The van der Waals surface area contributed by atoms with Crippen LogP contribution < -0.4 is 5.32 Å². The highest BCUT2D eigenvalue weighted by Gasteiger charge is 2.05. The van der Waals surface area contributed by atoms with Gasteiger partial charge in [-0.2, -0.15) is 0 Å². The van der Waals surface area contributed by atoms with Crippen LogP contribution in [-0.4, -0.2) is 18.9 Å². The highest BCUT2D eigenvalue weighted by Crippen LogP contribution is 2.03. The summed E-state index contributed by atoms with van der Waals surface area (Å²) in [4.78, 5) is 10.2. The van der Waals surface area contributed by atoms with Crippen LogP contribution in [0.15, 0.2) is 11.6 Å². The van der Waals surface area contributed by atoms with E-state index >= 15 is 0 Å². The molecule has 1 aliphatic rings. The number of hydrogen-bond acceptors (Lipinski definition) is 2. The Morgan fingerprint density at radius 3 is 3.11 bits per heavy atom. The van der Waals surface area contributed by atoms with Crippen molar-refractivity contribution in [3.63, 3.8) is 0 Å². The number of hydrogen-bond donors (Lipinski definition) is 1. The molecular formula is C7H11NO. The average Bonchev–Trinajstić information content (AvgIpc) is 1.88. The molecule has 0 amide bonds. The van der Waals surface area contributed by atoms with Crippen molar-refractivity contribution in [3.8, 4) is 0 Å². The van der Waals surface area contributed by atoms with Crippen LogP contribution in [0.4, 0.5) is 0 Å². The number of aldehydes is 1. The summed E-state index contributed by atoms with van der Waals surface area (Å²) in [7, 11) is 0. The lowest BCUT2D eigenvalue weighted by Crippen LogP contribution is -2.29. The molecule has 1 rings (SSSR count). The maximum Gasteiger partial charge on any atom is 0.145 e. The Balaban J connectivity index is 2.59. The fourth-order valence-corrected chi connectivity index (χ4v) is 1.01. The molecule has 1 N–H and O–H groups in total.